The number of likely N-dealkylation sites (tertiary alicyclic amines) is 1. The molecule has 2 N–H and O–H groups in total. The minimum absolute atomic E-state index is 0. The summed E-state index contributed by atoms with van der Waals surface area (Å²) < 4.78 is 5.42. The van der Waals surface area contributed by atoms with Gasteiger partial charge in [0.25, 0.3) is 0 Å². The zero-order chi connectivity index (χ0) is 15.7. The molecule has 2 heterocycles. The van der Waals surface area contributed by atoms with Gasteiger partial charge in [0, 0.05) is 24.7 Å². The van der Waals surface area contributed by atoms with Gasteiger partial charge in [0.2, 0.25) is 11.7 Å². The first-order valence-corrected chi connectivity index (χ1v) is 7.81. The third-order valence-electron chi connectivity index (χ3n) is 4.49. The van der Waals surface area contributed by atoms with E-state index in [2.05, 4.69) is 47.9 Å². The number of nitrogens with zero attached hydrogens (tertiary/aromatic N) is 3. The summed E-state index contributed by atoms with van der Waals surface area (Å²) in [4.78, 5) is 6.88. The van der Waals surface area contributed by atoms with Crippen molar-refractivity contribution >= 4 is 12.4 Å². The van der Waals surface area contributed by atoms with Gasteiger partial charge in [-0.05, 0) is 24.8 Å². The number of halogens is 1. The molecule has 0 aliphatic carbocycles. The van der Waals surface area contributed by atoms with Crippen molar-refractivity contribution in [1.29, 1.82) is 0 Å². The lowest BCUT2D eigenvalue weighted by molar-refractivity contribution is 0.0811. The van der Waals surface area contributed by atoms with E-state index in [4.69, 9.17) is 10.3 Å². The Morgan fingerprint density at radius 2 is 2.17 bits per heavy atom. The van der Waals surface area contributed by atoms with Gasteiger partial charge < -0.3 is 10.3 Å². The molecular formula is C17H25ClN4O. The predicted octanol–water partition coefficient (Wildman–Crippen LogP) is 3.03. The summed E-state index contributed by atoms with van der Waals surface area (Å²) in [6.45, 7) is 9.12. The summed E-state index contributed by atoms with van der Waals surface area (Å²) in [5.41, 5.74) is 8.49. The lowest BCUT2D eigenvalue weighted by atomic mass is 9.80. The molecule has 0 bridgehead atoms. The highest BCUT2D eigenvalue weighted by Crippen LogP contribution is 2.28. The van der Waals surface area contributed by atoms with E-state index in [1.165, 1.54) is 5.56 Å². The van der Waals surface area contributed by atoms with Gasteiger partial charge in [-0.15, -0.1) is 12.4 Å². The Hall–Kier alpha value is -1.43. The normalized spacial score (nSPS) is 21.0. The largest absolute Gasteiger partial charge is 0.338 e. The molecule has 1 atom stereocenters. The van der Waals surface area contributed by atoms with Gasteiger partial charge in [0.15, 0.2) is 0 Å². The summed E-state index contributed by atoms with van der Waals surface area (Å²) in [6, 6.07) is 8.40. The van der Waals surface area contributed by atoms with E-state index >= 15 is 0 Å². The van der Waals surface area contributed by atoms with Crippen LogP contribution in [0.15, 0.2) is 28.8 Å². The molecule has 6 heteroatoms. The smallest absolute Gasteiger partial charge is 0.241 e. The van der Waals surface area contributed by atoms with Crippen molar-refractivity contribution in [3.8, 4) is 11.4 Å². The molecule has 126 valence electrons. The van der Waals surface area contributed by atoms with Crippen molar-refractivity contribution in [2.24, 2.45) is 11.1 Å². The molecule has 0 spiro atoms. The second-order valence-electron chi connectivity index (χ2n) is 6.98. The molecule has 1 aliphatic rings. The molecule has 1 fully saturated rings. The second-order valence-corrected chi connectivity index (χ2v) is 6.98. The fraction of sp³-hybridized carbons (Fsp3) is 0.529. The first-order chi connectivity index (χ1) is 10.4. The van der Waals surface area contributed by atoms with Crippen LogP contribution in [-0.2, 0) is 6.54 Å². The first kappa shape index (κ1) is 17.9. The van der Waals surface area contributed by atoms with E-state index in [1.54, 1.807) is 0 Å². The van der Waals surface area contributed by atoms with Crippen molar-refractivity contribution in [2.75, 3.05) is 13.1 Å². The Labute approximate surface area is 143 Å². The van der Waals surface area contributed by atoms with Crippen LogP contribution >= 0.6 is 12.4 Å². The number of nitrogens with two attached hydrogens (primary N) is 1. The number of piperidine rings is 1. The summed E-state index contributed by atoms with van der Waals surface area (Å²) >= 11 is 0. The number of hydrogen-bond acceptors (Lipinski definition) is 5. The standard InChI is InChI=1S/C17H24N4O.ClH/c1-12-5-4-6-13(9-12)16-19-15(22-20-16)10-21-8-7-14(18)17(2,3)11-21;/h4-6,9,14H,7-8,10-11,18H2,1-3H3;1H. The van der Waals surface area contributed by atoms with Gasteiger partial charge >= 0.3 is 0 Å². The highest BCUT2D eigenvalue weighted by Gasteiger charge is 2.33. The predicted molar refractivity (Wildman–Crippen MR) is 93.4 cm³/mol. The fourth-order valence-corrected chi connectivity index (χ4v) is 3.03. The van der Waals surface area contributed by atoms with E-state index in [-0.39, 0.29) is 23.9 Å². The molecule has 5 nitrogen and oxygen atoms in total. The third-order valence-corrected chi connectivity index (χ3v) is 4.49. The zero-order valence-electron chi connectivity index (χ0n) is 14.0. The fourth-order valence-electron chi connectivity index (χ4n) is 3.03. The lowest BCUT2D eigenvalue weighted by Crippen LogP contribution is -2.52. The summed E-state index contributed by atoms with van der Waals surface area (Å²) in [6.07, 6.45) is 1.01. The molecule has 23 heavy (non-hydrogen) atoms. The molecule has 0 saturated carbocycles. The Kier molecular flexibility index (Phi) is 5.45. The van der Waals surface area contributed by atoms with Crippen molar-refractivity contribution < 1.29 is 4.52 Å². The van der Waals surface area contributed by atoms with Crippen LogP contribution in [0.2, 0.25) is 0 Å². The SMILES string of the molecule is Cc1cccc(-c2noc(CN3CCC(N)C(C)(C)C3)n2)c1.Cl. The van der Waals surface area contributed by atoms with Crippen LogP contribution in [0.1, 0.15) is 31.7 Å². The Bertz CT molecular complexity index is 656. The van der Waals surface area contributed by atoms with Crippen molar-refractivity contribution in [3.05, 3.63) is 35.7 Å². The highest BCUT2D eigenvalue weighted by molar-refractivity contribution is 5.85. The highest BCUT2D eigenvalue weighted by atomic mass is 35.5. The zero-order valence-corrected chi connectivity index (χ0v) is 14.8. The molecule has 2 aromatic rings. The maximum atomic E-state index is 6.18. The van der Waals surface area contributed by atoms with Gasteiger partial charge in [-0.1, -0.05) is 42.8 Å². The van der Waals surface area contributed by atoms with Crippen LogP contribution < -0.4 is 5.73 Å². The number of aryl methyl sites for hydroxylation is 1. The van der Waals surface area contributed by atoms with Gasteiger partial charge in [-0.25, -0.2) is 0 Å². The van der Waals surface area contributed by atoms with E-state index < -0.39 is 0 Å². The Morgan fingerprint density at radius 3 is 2.87 bits per heavy atom. The number of benzene rings is 1. The van der Waals surface area contributed by atoms with Crippen LogP contribution in [-0.4, -0.2) is 34.2 Å². The van der Waals surface area contributed by atoms with Gasteiger partial charge in [0.1, 0.15) is 0 Å². The summed E-state index contributed by atoms with van der Waals surface area (Å²) in [5.74, 6) is 1.33. The molecule has 0 radical (unpaired) electrons. The van der Waals surface area contributed by atoms with Crippen LogP contribution in [0.3, 0.4) is 0 Å². The van der Waals surface area contributed by atoms with Gasteiger partial charge in [-0.3, -0.25) is 4.90 Å². The molecule has 1 aromatic heterocycles. The van der Waals surface area contributed by atoms with E-state index in [0.717, 1.165) is 25.1 Å². The molecule has 1 aromatic carbocycles. The molecule has 3 rings (SSSR count). The van der Waals surface area contributed by atoms with E-state index in [9.17, 15) is 0 Å². The van der Waals surface area contributed by atoms with Gasteiger partial charge in [-0.2, -0.15) is 4.98 Å². The minimum Gasteiger partial charge on any atom is -0.338 e. The quantitative estimate of drug-likeness (QED) is 0.933. The minimum atomic E-state index is 0. The van der Waals surface area contributed by atoms with Crippen LogP contribution in [0, 0.1) is 12.3 Å². The molecule has 1 unspecified atom stereocenters. The van der Waals surface area contributed by atoms with Crippen molar-refractivity contribution in [2.45, 2.75) is 39.8 Å². The molecule has 1 saturated heterocycles. The molecule has 1 aliphatic heterocycles. The van der Waals surface area contributed by atoms with Gasteiger partial charge in [0.05, 0.1) is 6.54 Å². The number of hydrogen-bond donors (Lipinski definition) is 1. The number of aromatic nitrogens is 2. The maximum Gasteiger partial charge on any atom is 0.241 e. The second kappa shape index (κ2) is 6.99. The van der Waals surface area contributed by atoms with Crippen LogP contribution in [0.5, 0.6) is 0 Å². The maximum absolute atomic E-state index is 6.18. The third kappa shape index (κ3) is 4.10. The molecule has 0 amide bonds. The van der Waals surface area contributed by atoms with Crippen molar-refractivity contribution in [1.82, 2.24) is 15.0 Å². The van der Waals surface area contributed by atoms with Crippen LogP contribution in [0.25, 0.3) is 11.4 Å². The van der Waals surface area contributed by atoms with Crippen LogP contribution in [0.4, 0.5) is 0 Å². The Morgan fingerprint density at radius 1 is 1.39 bits per heavy atom. The number of rotatable bonds is 3. The molecular weight excluding hydrogens is 312 g/mol. The average molecular weight is 337 g/mol. The summed E-state index contributed by atoms with van der Waals surface area (Å²) in [5, 5.41) is 4.11. The monoisotopic (exact) mass is 336 g/mol. The Balaban J connectivity index is 0.00000192. The summed E-state index contributed by atoms with van der Waals surface area (Å²) in [7, 11) is 0. The lowest BCUT2D eigenvalue weighted by Gasteiger charge is -2.42. The average Bonchev–Trinajstić information content (AvgIpc) is 2.91. The van der Waals surface area contributed by atoms with E-state index in [0.29, 0.717) is 18.3 Å². The topological polar surface area (TPSA) is 68.2 Å². The first-order valence-electron chi connectivity index (χ1n) is 7.81. The van der Waals surface area contributed by atoms with Crippen molar-refractivity contribution in [3.63, 3.8) is 0 Å². The van der Waals surface area contributed by atoms with E-state index in [1.807, 2.05) is 12.1 Å².